The second kappa shape index (κ2) is 7.03. The molecule has 110 valence electrons. The van der Waals surface area contributed by atoms with E-state index in [4.69, 9.17) is 9.47 Å². The van der Waals surface area contributed by atoms with Gasteiger partial charge in [-0.25, -0.2) is 0 Å². The molecule has 0 saturated heterocycles. The molecule has 1 aliphatic rings. The molecule has 0 spiro atoms. The molecule has 5 heteroatoms. The highest BCUT2D eigenvalue weighted by Crippen LogP contribution is 2.32. The molecule has 0 bridgehead atoms. The van der Waals surface area contributed by atoms with Gasteiger partial charge < -0.3 is 20.1 Å². The molecule has 5 nitrogen and oxygen atoms in total. The van der Waals surface area contributed by atoms with E-state index in [0.29, 0.717) is 5.75 Å². The maximum Gasteiger partial charge on any atom is 0.195 e. The first-order valence-electron chi connectivity index (χ1n) is 6.96. The number of guanidine groups is 1. The Morgan fingerprint density at radius 1 is 1.25 bits per heavy atom. The first-order valence-corrected chi connectivity index (χ1v) is 6.96. The molecule has 0 heterocycles. The zero-order chi connectivity index (χ0) is 14.4. The molecular formula is C15H23N3O2. The molecule has 0 aliphatic heterocycles. The fourth-order valence-electron chi connectivity index (χ4n) is 2.03. The van der Waals surface area contributed by atoms with Gasteiger partial charge in [-0.3, -0.25) is 4.99 Å². The summed E-state index contributed by atoms with van der Waals surface area (Å²) in [4.78, 5) is 4.22. The van der Waals surface area contributed by atoms with Crippen molar-refractivity contribution in [1.29, 1.82) is 0 Å². The minimum Gasteiger partial charge on any atom is -0.493 e. The van der Waals surface area contributed by atoms with Crippen LogP contribution < -0.4 is 20.1 Å². The normalized spacial score (nSPS) is 14.8. The predicted octanol–water partition coefficient (Wildman–Crippen LogP) is 2.49. The van der Waals surface area contributed by atoms with E-state index in [-0.39, 0.29) is 0 Å². The minimum absolute atomic E-state index is 0.700. The zero-order valence-electron chi connectivity index (χ0n) is 12.4. The molecule has 20 heavy (non-hydrogen) atoms. The van der Waals surface area contributed by atoms with Gasteiger partial charge in [-0.15, -0.1) is 0 Å². The largest absolute Gasteiger partial charge is 0.493 e. The van der Waals surface area contributed by atoms with Crippen LogP contribution in [0, 0.1) is 5.92 Å². The summed E-state index contributed by atoms with van der Waals surface area (Å²) in [5.74, 6) is 3.11. The van der Waals surface area contributed by atoms with Crippen LogP contribution >= 0.6 is 0 Å². The minimum atomic E-state index is 0.700. The van der Waals surface area contributed by atoms with Crippen molar-refractivity contribution in [1.82, 2.24) is 5.32 Å². The van der Waals surface area contributed by atoms with Crippen molar-refractivity contribution in [2.45, 2.75) is 19.3 Å². The Labute approximate surface area is 120 Å². The molecule has 1 aliphatic carbocycles. The number of benzene rings is 1. The molecule has 0 aromatic heterocycles. The van der Waals surface area contributed by atoms with Crippen molar-refractivity contribution < 1.29 is 9.47 Å². The predicted molar refractivity (Wildman–Crippen MR) is 81.9 cm³/mol. The summed E-state index contributed by atoms with van der Waals surface area (Å²) in [6, 6.07) is 5.71. The van der Waals surface area contributed by atoms with Crippen molar-refractivity contribution in [3.05, 3.63) is 18.2 Å². The highest BCUT2D eigenvalue weighted by molar-refractivity contribution is 5.93. The summed E-state index contributed by atoms with van der Waals surface area (Å²) in [6.45, 7) is 0.956. The van der Waals surface area contributed by atoms with Crippen LogP contribution in [0.4, 0.5) is 5.69 Å². The standard InChI is InChI=1S/C15H23N3O2/c1-16-15(17-9-8-11-4-5-11)18-12-6-7-13(19-2)14(10-12)20-3/h6-7,10-11H,4-5,8-9H2,1-3H3,(H2,16,17,18). The lowest BCUT2D eigenvalue weighted by molar-refractivity contribution is 0.355. The van der Waals surface area contributed by atoms with E-state index < -0.39 is 0 Å². The number of aliphatic imine (C=N–C) groups is 1. The Morgan fingerprint density at radius 2 is 2.00 bits per heavy atom. The van der Waals surface area contributed by atoms with Crippen molar-refractivity contribution in [2.24, 2.45) is 10.9 Å². The van der Waals surface area contributed by atoms with Gasteiger partial charge >= 0.3 is 0 Å². The lowest BCUT2D eigenvalue weighted by atomic mass is 10.2. The third-order valence-electron chi connectivity index (χ3n) is 3.41. The van der Waals surface area contributed by atoms with Crippen molar-refractivity contribution in [3.63, 3.8) is 0 Å². The van der Waals surface area contributed by atoms with Gasteiger partial charge in [0.15, 0.2) is 17.5 Å². The zero-order valence-corrected chi connectivity index (χ0v) is 12.4. The van der Waals surface area contributed by atoms with Gasteiger partial charge in [0, 0.05) is 25.3 Å². The summed E-state index contributed by atoms with van der Waals surface area (Å²) < 4.78 is 10.5. The van der Waals surface area contributed by atoms with E-state index >= 15 is 0 Å². The summed E-state index contributed by atoms with van der Waals surface area (Å²) >= 11 is 0. The maximum atomic E-state index is 5.29. The van der Waals surface area contributed by atoms with Crippen LogP contribution in [0.1, 0.15) is 19.3 Å². The van der Waals surface area contributed by atoms with Gasteiger partial charge in [-0.1, -0.05) is 12.8 Å². The summed E-state index contributed by atoms with van der Waals surface area (Å²) in [5.41, 5.74) is 0.919. The average molecular weight is 277 g/mol. The van der Waals surface area contributed by atoms with Crippen LogP contribution in [0.15, 0.2) is 23.2 Å². The van der Waals surface area contributed by atoms with Crippen molar-refractivity contribution in [3.8, 4) is 11.5 Å². The summed E-state index contributed by atoms with van der Waals surface area (Å²) in [7, 11) is 5.03. The van der Waals surface area contributed by atoms with E-state index in [1.54, 1.807) is 21.3 Å². The van der Waals surface area contributed by atoms with E-state index in [0.717, 1.165) is 29.9 Å². The maximum absolute atomic E-state index is 5.29. The van der Waals surface area contributed by atoms with Gasteiger partial charge in [0.05, 0.1) is 14.2 Å². The van der Waals surface area contributed by atoms with Crippen LogP contribution in [0.25, 0.3) is 0 Å². The molecule has 1 saturated carbocycles. The molecule has 1 fully saturated rings. The van der Waals surface area contributed by atoms with Gasteiger partial charge in [-0.2, -0.15) is 0 Å². The Hall–Kier alpha value is -1.91. The van der Waals surface area contributed by atoms with Gasteiger partial charge in [0.1, 0.15) is 0 Å². The number of ether oxygens (including phenoxy) is 2. The molecule has 2 rings (SSSR count). The third-order valence-corrected chi connectivity index (χ3v) is 3.41. The van der Waals surface area contributed by atoms with Gasteiger partial charge in [0.2, 0.25) is 0 Å². The molecule has 1 aromatic rings. The van der Waals surface area contributed by atoms with Crippen LogP contribution in [0.5, 0.6) is 11.5 Å². The van der Waals surface area contributed by atoms with Crippen molar-refractivity contribution in [2.75, 3.05) is 33.1 Å². The lowest BCUT2D eigenvalue weighted by Gasteiger charge is -2.14. The smallest absolute Gasteiger partial charge is 0.195 e. The number of hydrogen-bond donors (Lipinski definition) is 2. The Morgan fingerprint density at radius 3 is 2.60 bits per heavy atom. The topological polar surface area (TPSA) is 54.9 Å². The number of methoxy groups -OCH3 is 2. The number of hydrogen-bond acceptors (Lipinski definition) is 3. The Balaban J connectivity index is 1.92. The third kappa shape index (κ3) is 4.05. The second-order valence-corrected chi connectivity index (χ2v) is 4.93. The van der Waals surface area contributed by atoms with E-state index in [9.17, 15) is 0 Å². The van der Waals surface area contributed by atoms with Gasteiger partial charge in [0.25, 0.3) is 0 Å². The molecule has 0 atom stereocenters. The lowest BCUT2D eigenvalue weighted by Crippen LogP contribution is -2.31. The summed E-state index contributed by atoms with van der Waals surface area (Å²) in [5, 5.41) is 6.57. The van der Waals surface area contributed by atoms with Crippen LogP contribution in [0.3, 0.4) is 0 Å². The number of rotatable bonds is 6. The molecule has 1 aromatic carbocycles. The Bertz CT molecular complexity index is 470. The highest BCUT2D eigenvalue weighted by Gasteiger charge is 2.20. The van der Waals surface area contributed by atoms with Gasteiger partial charge in [-0.05, 0) is 24.5 Å². The van der Waals surface area contributed by atoms with Crippen LogP contribution in [-0.4, -0.2) is 33.8 Å². The Kier molecular flexibility index (Phi) is 5.09. The second-order valence-electron chi connectivity index (χ2n) is 4.93. The first kappa shape index (κ1) is 14.5. The fourth-order valence-corrected chi connectivity index (χ4v) is 2.03. The van der Waals surface area contributed by atoms with Crippen molar-refractivity contribution >= 4 is 11.6 Å². The highest BCUT2D eigenvalue weighted by atomic mass is 16.5. The van der Waals surface area contributed by atoms with E-state index in [1.165, 1.54) is 19.3 Å². The number of nitrogens with one attached hydrogen (secondary N) is 2. The van der Waals surface area contributed by atoms with E-state index in [1.807, 2.05) is 18.2 Å². The fraction of sp³-hybridized carbons (Fsp3) is 0.533. The first-order chi connectivity index (χ1) is 9.76. The van der Waals surface area contributed by atoms with Crippen LogP contribution in [-0.2, 0) is 0 Å². The number of nitrogens with zero attached hydrogens (tertiary/aromatic N) is 1. The monoisotopic (exact) mass is 277 g/mol. The average Bonchev–Trinajstić information content (AvgIpc) is 3.30. The SMILES string of the molecule is CN=C(NCCC1CC1)Nc1ccc(OC)c(OC)c1. The molecule has 0 radical (unpaired) electrons. The quantitative estimate of drug-likeness (QED) is 0.619. The van der Waals surface area contributed by atoms with E-state index in [2.05, 4.69) is 15.6 Å². The molecule has 0 unspecified atom stereocenters. The number of anilines is 1. The molecule has 0 amide bonds. The van der Waals surface area contributed by atoms with Crippen LogP contribution in [0.2, 0.25) is 0 Å². The summed E-state index contributed by atoms with van der Waals surface area (Å²) in [6.07, 6.45) is 3.97. The molecule has 2 N–H and O–H groups in total. The molecular weight excluding hydrogens is 254 g/mol.